The minimum atomic E-state index is -0.109. The third-order valence-corrected chi connectivity index (χ3v) is 4.45. The van der Waals surface area contributed by atoms with Crippen LogP contribution in [0.15, 0.2) is 66.7 Å². The number of thiophene rings is 1. The Morgan fingerprint density at radius 3 is 2.81 bits per heavy atom. The second-order valence-electron chi connectivity index (χ2n) is 5.58. The smallest absolute Gasteiger partial charge is 0.252 e. The number of aromatic nitrogens is 3. The van der Waals surface area contributed by atoms with Crippen LogP contribution in [0.25, 0.3) is 11.3 Å². The first-order valence-electron chi connectivity index (χ1n) is 8.46. The Labute approximate surface area is 162 Å². The topological polar surface area (TPSA) is 59.0 Å². The van der Waals surface area contributed by atoms with E-state index in [9.17, 15) is 4.79 Å². The van der Waals surface area contributed by atoms with Crippen LogP contribution in [-0.2, 0) is 4.79 Å². The Bertz CT molecular complexity index is 959. The highest BCUT2D eigenvalue weighted by molar-refractivity contribution is 7.10. The molecular formula is C21H18N4OS. The number of nitrogens with zero attached hydrogens (tertiary/aromatic N) is 4. The number of carbonyl (C=O) groups excluding carboxylic acids is 1. The molecule has 27 heavy (non-hydrogen) atoms. The SMILES string of the molecule is C=CCN(C(=O)CCC#Cc1cccs1)c1nncc(-c2ccccc2)n1. The molecular weight excluding hydrogens is 356 g/mol. The summed E-state index contributed by atoms with van der Waals surface area (Å²) in [7, 11) is 0. The summed E-state index contributed by atoms with van der Waals surface area (Å²) in [4.78, 5) is 19.6. The molecule has 0 saturated heterocycles. The highest BCUT2D eigenvalue weighted by Crippen LogP contribution is 2.18. The summed E-state index contributed by atoms with van der Waals surface area (Å²) < 4.78 is 0. The average Bonchev–Trinajstić information content (AvgIpc) is 3.23. The third-order valence-electron chi connectivity index (χ3n) is 3.67. The van der Waals surface area contributed by atoms with Crippen molar-refractivity contribution in [3.63, 3.8) is 0 Å². The molecule has 6 heteroatoms. The molecule has 0 aliphatic rings. The molecule has 1 aromatic carbocycles. The second kappa shape index (κ2) is 9.41. The fraction of sp³-hybridized carbons (Fsp3) is 0.143. The van der Waals surface area contributed by atoms with E-state index in [4.69, 9.17) is 0 Å². The highest BCUT2D eigenvalue weighted by atomic mass is 32.1. The van der Waals surface area contributed by atoms with Crippen LogP contribution in [0.5, 0.6) is 0 Å². The number of anilines is 1. The fourth-order valence-electron chi connectivity index (χ4n) is 2.38. The number of hydrogen-bond donors (Lipinski definition) is 0. The molecule has 0 spiro atoms. The fourth-order valence-corrected chi connectivity index (χ4v) is 2.98. The summed E-state index contributed by atoms with van der Waals surface area (Å²) in [6.45, 7) is 4.04. The van der Waals surface area contributed by atoms with Crippen molar-refractivity contribution in [2.24, 2.45) is 0 Å². The van der Waals surface area contributed by atoms with Gasteiger partial charge in [-0.2, -0.15) is 5.10 Å². The van der Waals surface area contributed by atoms with E-state index in [1.807, 2.05) is 47.8 Å². The third kappa shape index (κ3) is 5.09. The molecule has 134 valence electrons. The zero-order chi connectivity index (χ0) is 18.9. The summed E-state index contributed by atoms with van der Waals surface area (Å²) in [6.07, 6.45) is 3.98. The van der Waals surface area contributed by atoms with Crippen LogP contribution in [0.1, 0.15) is 17.7 Å². The predicted octanol–water partition coefficient (Wildman–Crippen LogP) is 3.95. The van der Waals surface area contributed by atoms with Crippen LogP contribution in [-0.4, -0.2) is 27.6 Å². The molecule has 2 heterocycles. The van der Waals surface area contributed by atoms with Crippen LogP contribution in [0.2, 0.25) is 0 Å². The van der Waals surface area contributed by atoms with Crippen LogP contribution in [0.4, 0.5) is 5.95 Å². The quantitative estimate of drug-likeness (QED) is 0.484. The molecule has 1 amide bonds. The molecule has 0 N–H and O–H groups in total. The van der Waals surface area contributed by atoms with Gasteiger partial charge in [-0.1, -0.05) is 54.3 Å². The lowest BCUT2D eigenvalue weighted by Crippen LogP contribution is -2.32. The normalized spacial score (nSPS) is 9.93. The van der Waals surface area contributed by atoms with Gasteiger partial charge in [-0.3, -0.25) is 9.69 Å². The molecule has 2 aromatic heterocycles. The Kier molecular flexibility index (Phi) is 6.45. The number of rotatable bonds is 6. The van der Waals surface area contributed by atoms with E-state index < -0.39 is 0 Å². The van der Waals surface area contributed by atoms with Crippen molar-refractivity contribution < 1.29 is 4.79 Å². The maximum Gasteiger partial charge on any atom is 0.252 e. The molecule has 0 fully saturated rings. The maximum absolute atomic E-state index is 12.6. The number of carbonyl (C=O) groups is 1. The van der Waals surface area contributed by atoms with E-state index in [1.165, 1.54) is 4.90 Å². The van der Waals surface area contributed by atoms with E-state index in [2.05, 4.69) is 33.6 Å². The molecule has 3 aromatic rings. The number of benzene rings is 1. The minimum Gasteiger partial charge on any atom is -0.275 e. The van der Waals surface area contributed by atoms with Crippen LogP contribution < -0.4 is 4.90 Å². The maximum atomic E-state index is 12.6. The lowest BCUT2D eigenvalue weighted by molar-refractivity contribution is -0.118. The minimum absolute atomic E-state index is 0.109. The average molecular weight is 374 g/mol. The van der Waals surface area contributed by atoms with E-state index in [0.29, 0.717) is 18.7 Å². The van der Waals surface area contributed by atoms with Gasteiger partial charge in [-0.15, -0.1) is 23.0 Å². The largest absolute Gasteiger partial charge is 0.275 e. The second-order valence-corrected chi connectivity index (χ2v) is 6.53. The molecule has 0 aliphatic carbocycles. The molecule has 0 atom stereocenters. The van der Waals surface area contributed by atoms with Gasteiger partial charge in [0.2, 0.25) is 5.91 Å². The lowest BCUT2D eigenvalue weighted by Gasteiger charge is -2.18. The van der Waals surface area contributed by atoms with Crippen molar-refractivity contribution in [1.82, 2.24) is 15.2 Å². The zero-order valence-corrected chi connectivity index (χ0v) is 15.5. The number of hydrogen-bond acceptors (Lipinski definition) is 5. The van der Waals surface area contributed by atoms with Gasteiger partial charge in [0.1, 0.15) is 0 Å². The van der Waals surface area contributed by atoms with Crippen LogP contribution >= 0.6 is 11.3 Å². The summed E-state index contributed by atoms with van der Waals surface area (Å²) >= 11 is 1.58. The Morgan fingerprint density at radius 1 is 1.22 bits per heavy atom. The first-order chi connectivity index (χ1) is 13.3. The van der Waals surface area contributed by atoms with Crippen molar-refractivity contribution in [2.45, 2.75) is 12.8 Å². The monoisotopic (exact) mass is 374 g/mol. The van der Waals surface area contributed by atoms with Gasteiger partial charge >= 0.3 is 0 Å². The Morgan fingerprint density at radius 2 is 2.07 bits per heavy atom. The van der Waals surface area contributed by atoms with Gasteiger partial charge in [0.05, 0.1) is 16.8 Å². The Hall–Kier alpha value is -3.30. The van der Waals surface area contributed by atoms with Gasteiger partial charge in [-0.25, -0.2) is 4.98 Å². The van der Waals surface area contributed by atoms with Crippen molar-refractivity contribution >= 4 is 23.2 Å². The van der Waals surface area contributed by atoms with Gasteiger partial charge in [0.15, 0.2) is 0 Å². The molecule has 0 bridgehead atoms. The van der Waals surface area contributed by atoms with Crippen molar-refractivity contribution in [2.75, 3.05) is 11.4 Å². The van der Waals surface area contributed by atoms with Gasteiger partial charge in [0.25, 0.3) is 5.95 Å². The van der Waals surface area contributed by atoms with Crippen LogP contribution in [0.3, 0.4) is 0 Å². The van der Waals surface area contributed by atoms with E-state index in [-0.39, 0.29) is 18.3 Å². The summed E-state index contributed by atoms with van der Waals surface area (Å²) in [5.41, 5.74) is 1.58. The summed E-state index contributed by atoms with van der Waals surface area (Å²) in [5, 5.41) is 10.0. The highest BCUT2D eigenvalue weighted by Gasteiger charge is 2.17. The first kappa shape index (κ1) is 18.5. The Balaban J connectivity index is 1.72. The van der Waals surface area contributed by atoms with Crippen molar-refractivity contribution in [3.8, 4) is 23.1 Å². The summed E-state index contributed by atoms with van der Waals surface area (Å²) in [6, 6.07) is 13.6. The standard InChI is InChI=1S/C21H18N4OS/c1-2-14-25(20(26)13-7-6-11-18-12-8-15-27-18)21-23-19(16-22-24-21)17-9-4-3-5-10-17/h2-5,8-10,12,15-16H,1,7,13-14H2. The zero-order valence-electron chi connectivity index (χ0n) is 14.7. The van der Waals surface area contributed by atoms with Crippen molar-refractivity contribution in [1.29, 1.82) is 0 Å². The van der Waals surface area contributed by atoms with Gasteiger partial charge < -0.3 is 0 Å². The molecule has 0 unspecified atom stereocenters. The lowest BCUT2D eigenvalue weighted by atomic mass is 10.2. The first-order valence-corrected chi connectivity index (χ1v) is 9.34. The molecule has 0 aliphatic heterocycles. The van der Waals surface area contributed by atoms with E-state index >= 15 is 0 Å². The molecule has 0 radical (unpaired) electrons. The van der Waals surface area contributed by atoms with Gasteiger partial charge in [-0.05, 0) is 11.4 Å². The molecule has 0 saturated carbocycles. The van der Waals surface area contributed by atoms with E-state index in [0.717, 1.165) is 10.4 Å². The van der Waals surface area contributed by atoms with Crippen LogP contribution in [0, 0.1) is 11.8 Å². The van der Waals surface area contributed by atoms with Gasteiger partial charge in [0, 0.05) is 24.9 Å². The molecule has 3 rings (SSSR count). The molecule has 5 nitrogen and oxygen atoms in total. The van der Waals surface area contributed by atoms with E-state index in [1.54, 1.807) is 23.6 Å². The predicted molar refractivity (Wildman–Crippen MR) is 108 cm³/mol. The van der Waals surface area contributed by atoms with Crippen molar-refractivity contribution in [3.05, 3.63) is 71.6 Å². The summed E-state index contributed by atoms with van der Waals surface area (Å²) in [5.74, 6) is 6.25. The number of amides is 1.